The molecule has 0 aliphatic heterocycles. The molecular weight excluding hydrogens is 444 g/mol. The Hall–Kier alpha value is -2.15. The number of nitrogens with one attached hydrogen (secondary N) is 1. The van der Waals surface area contributed by atoms with Crippen LogP contribution < -0.4 is 11.1 Å². The molecule has 0 aromatic rings. The van der Waals surface area contributed by atoms with E-state index in [9.17, 15) is 22.4 Å². The highest BCUT2D eigenvalue weighted by atomic mass is 19.4. The van der Waals surface area contributed by atoms with Gasteiger partial charge in [0, 0.05) is 18.2 Å². The Labute approximate surface area is 201 Å². The fraction of sp³-hybridized carbons (Fsp3) is 0.593. The van der Waals surface area contributed by atoms with Gasteiger partial charge in [-0.25, -0.2) is 4.39 Å². The number of hydrogen-bond donors (Lipinski definition) is 2. The zero-order valence-electron chi connectivity index (χ0n) is 20.8. The average molecular weight is 485 g/mol. The highest BCUT2D eigenvalue weighted by molar-refractivity contribution is 5.83. The predicted molar refractivity (Wildman–Crippen MR) is 131 cm³/mol. The van der Waals surface area contributed by atoms with E-state index in [-0.39, 0.29) is 29.6 Å². The molecule has 192 valence electrons. The molecule has 34 heavy (non-hydrogen) atoms. The zero-order chi connectivity index (χ0) is 25.9. The van der Waals surface area contributed by atoms with Gasteiger partial charge in [-0.2, -0.15) is 13.2 Å². The first kappa shape index (κ1) is 29.9. The summed E-state index contributed by atoms with van der Waals surface area (Å²) in [4.78, 5) is 12.9. The van der Waals surface area contributed by atoms with Gasteiger partial charge in [-0.15, -0.1) is 6.58 Å². The Kier molecular flexibility index (Phi) is 12.6. The lowest BCUT2D eigenvalue weighted by molar-refractivity contribution is -0.130. The summed E-state index contributed by atoms with van der Waals surface area (Å²) in [5, 5.41) is 3.04. The molecule has 1 saturated carbocycles. The minimum atomic E-state index is -3.96. The lowest BCUT2D eigenvalue weighted by atomic mass is 9.76. The third-order valence-corrected chi connectivity index (χ3v) is 6.21. The van der Waals surface area contributed by atoms with Crippen molar-refractivity contribution in [3.05, 3.63) is 60.1 Å². The minimum absolute atomic E-state index is 0.0536. The summed E-state index contributed by atoms with van der Waals surface area (Å²) in [6.07, 6.45) is 10.7. The van der Waals surface area contributed by atoms with Gasteiger partial charge in [0.1, 0.15) is 5.83 Å². The molecule has 0 radical (unpaired) electrons. The van der Waals surface area contributed by atoms with Gasteiger partial charge < -0.3 is 11.1 Å². The van der Waals surface area contributed by atoms with E-state index >= 15 is 0 Å². The fourth-order valence-electron chi connectivity index (χ4n) is 4.48. The van der Waals surface area contributed by atoms with E-state index in [2.05, 4.69) is 24.9 Å². The molecule has 3 rings (SSSR count). The van der Waals surface area contributed by atoms with Crippen molar-refractivity contribution in [1.82, 2.24) is 5.32 Å². The van der Waals surface area contributed by atoms with Gasteiger partial charge in [0.25, 0.3) is 0 Å². The molecule has 0 saturated heterocycles. The van der Waals surface area contributed by atoms with Crippen LogP contribution >= 0.6 is 0 Å². The standard InChI is InChI=1S/C22H29FN2O.C3H5F3.C2H6/c1-3-5-14(4-2)20-9-7-17(23)13-21(20)22(26)25-19-8-6-15-10-18(24)11-16(15)12-19;1-2-3(4,5)6;1-2/h4,6-9,13-14,16,18,20-21H,2-3,5,10-12,24H2,1H3,(H,25,26);2H2,1H3;1-2H3/t14?,16-,18?,20?,21?;;/m0../s1. The molecule has 7 heteroatoms. The molecule has 3 aliphatic carbocycles. The summed E-state index contributed by atoms with van der Waals surface area (Å²) in [5.41, 5.74) is 8.34. The molecule has 4 unspecified atom stereocenters. The number of alkyl halides is 3. The highest BCUT2D eigenvalue weighted by Gasteiger charge is 2.34. The van der Waals surface area contributed by atoms with Crippen LogP contribution in [0.25, 0.3) is 0 Å². The van der Waals surface area contributed by atoms with Crippen molar-refractivity contribution in [2.45, 2.75) is 78.4 Å². The van der Waals surface area contributed by atoms with Gasteiger partial charge in [-0.1, -0.05) is 57.9 Å². The van der Waals surface area contributed by atoms with Gasteiger partial charge in [0.05, 0.1) is 5.92 Å². The Balaban J connectivity index is 0.000000631. The predicted octanol–water partition coefficient (Wildman–Crippen LogP) is 7.30. The van der Waals surface area contributed by atoms with Crippen molar-refractivity contribution < 1.29 is 22.4 Å². The molecular formula is C27H40F4N2O. The van der Waals surface area contributed by atoms with Crippen molar-refractivity contribution in [3.63, 3.8) is 0 Å². The topological polar surface area (TPSA) is 55.1 Å². The summed E-state index contributed by atoms with van der Waals surface area (Å²) < 4.78 is 46.2. The van der Waals surface area contributed by atoms with E-state index in [0.717, 1.165) is 44.7 Å². The Morgan fingerprint density at radius 1 is 1.26 bits per heavy atom. The first-order chi connectivity index (χ1) is 16.1. The second-order valence-electron chi connectivity index (χ2n) is 8.69. The first-order valence-corrected chi connectivity index (χ1v) is 12.3. The van der Waals surface area contributed by atoms with Crippen LogP contribution in [0.1, 0.15) is 66.2 Å². The van der Waals surface area contributed by atoms with Gasteiger partial charge >= 0.3 is 6.18 Å². The Bertz CT molecular complexity index is 795. The van der Waals surface area contributed by atoms with Crippen molar-refractivity contribution in [3.8, 4) is 0 Å². The van der Waals surface area contributed by atoms with Crippen LogP contribution in [-0.4, -0.2) is 18.1 Å². The van der Waals surface area contributed by atoms with Crippen LogP contribution in [0.5, 0.6) is 0 Å². The maximum Gasteiger partial charge on any atom is 0.388 e. The molecule has 1 amide bonds. The quantitative estimate of drug-likeness (QED) is 0.307. The SMILES string of the molecule is C=CC(CCC)C1C=CC(F)=CC1C(=O)NC1=CC=C2CC(N)C[C@H]2C1.CC.CCC(F)(F)F. The van der Waals surface area contributed by atoms with E-state index in [1.54, 1.807) is 0 Å². The molecule has 3 aliphatic rings. The number of carbonyl (C=O) groups excluding carboxylic acids is 1. The summed E-state index contributed by atoms with van der Waals surface area (Å²) in [5.74, 6) is -0.449. The molecule has 1 fully saturated rings. The highest BCUT2D eigenvalue weighted by Crippen LogP contribution is 2.38. The van der Waals surface area contributed by atoms with Crippen LogP contribution in [0.4, 0.5) is 17.6 Å². The molecule has 0 aromatic carbocycles. The maximum atomic E-state index is 13.8. The summed E-state index contributed by atoms with van der Waals surface area (Å²) in [7, 11) is 0. The average Bonchev–Trinajstić information content (AvgIpc) is 3.18. The fourth-order valence-corrected chi connectivity index (χ4v) is 4.48. The zero-order valence-corrected chi connectivity index (χ0v) is 20.8. The van der Waals surface area contributed by atoms with Crippen LogP contribution in [0, 0.1) is 23.7 Å². The van der Waals surface area contributed by atoms with E-state index in [0.29, 0.717) is 5.92 Å². The lowest BCUT2D eigenvalue weighted by Crippen LogP contribution is -2.37. The third-order valence-electron chi connectivity index (χ3n) is 6.21. The third kappa shape index (κ3) is 9.24. The molecule has 3 N–H and O–H groups in total. The molecule has 3 nitrogen and oxygen atoms in total. The number of rotatable bonds is 6. The van der Waals surface area contributed by atoms with Gasteiger partial charge in [0.15, 0.2) is 0 Å². The van der Waals surface area contributed by atoms with Gasteiger partial charge in [0.2, 0.25) is 5.91 Å². The van der Waals surface area contributed by atoms with Crippen molar-refractivity contribution in [2.24, 2.45) is 29.4 Å². The van der Waals surface area contributed by atoms with Crippen LogP contribution in [-0.2, 0) is 4.79 Å². The van der Waals surface area contributed by atoms with E-state index in [1.165, 1.54) is 17.7 Å². The Morgan fingerprint density at radius 2 is 1.91 bits per heavy atom. The van der Waals surface area contributed by atoms with Gasteiger partial charge in [-0.05, 0) is 61.7 Å². The second-order valence-corrected chi connectivity index (χ2v) is 8.69. The van der Waals surface area contributed by atoms with Crippen molar-refractivity contribution >= 4 is 5.91 Å². The van der Waals surface area contributed by atoms with Crippen LogP contribution in [0.15, 0.2) is 60.1 Å². The number of nitrogens with two attached hydrogens (primary N) is 1. The van der Waals surface area contributed by atoms with E-state index in [4.69, 9.17) is 5.73 Å². The Morgan fingerprint density at radius 3 is 2.47 bits per heavy atom. The van der Waals surface area contributed by atoms with Crippen molar-refractivity contribution in [1.29, 1.82) is 0 Å². The number of carbonyl (C=O) groups is 1. The summed E-state index contributed by atoms with van der Waals surface area (Å²) in [6.45, 7) is 11.1. The van der Waals surface area contributed by atoms with Crippen LogP contribution in [0.3, 0.4) is 0 Å². The van der Waals surface area contributed by atoms with Crippen molar-refractivity contribution in [2.75, 3.05) is 0 Å². The van der Waals surface area contributed by atoms with Crippen LogP contribution in [0.2, 0.25) is 0 Å². The minimum Gasteiger partial charge on any atom is -0.329 e. The maximum absolute atomic E-state index is 13.8. The molecule has 0 aromatic heterocycles. The summed E-state index contributed by atoms with van der Waals surface area (Å²) in [6, 6.07) is 0.224. The smallest absolute Gasteiger partial charge is 0.329 e. The number of hydrogen-bond acceptors (Lipinski definition) is 2. The number of fused-ring (bicyclic) bond motifs is 1. The number of allylic oxidation sites excluding steroid dienone is 7. The summed E-state index contributed by atoms with van der Waals surface area (Å²) >= 11 is 0. The van der Waals surface area contributed by atoms with E-state index in [1.807, 2.05) is 32.1 Å². The molecule has 0 bridgehead atoms. The number of amides is 1. The second kappa shape index (κ2) is 14.3. The first-order valence-electron chi connectivity index (χ1n) is 12.3. The van der Waals surface area contributed by atoms with E-state index < -0.39 is 18.5 Å². The van der Waals surface area contributed by atoms with Gasteiger partial charge in [-0.3, -0.25) is 4.79 Å². The number of halogens is 4. The normalized spacial score (nSPS) is 26.3. The monoisotopic (exact) mass is 484 g/mol. The molecule has 5 atom stereocenters. The lowest BCUT2D eigenvalue weighted by Gasteiger charge is -2.30. The molecule has 0 spiro atoms. The largest absolute Gasteiger partial charge is 0.388 e. The molecule has 0 heterocycles.